The minimum Gasteiger partial charge on any atom is -0.367 e. The largest absolute Gasteiger partial charge is 0.367 e. The molecule has 0 aromatic carbocycles. The standard InChI is InChI=1S/C6H14N2O2/c1-3-8(4-2)10-6(9)5-7/h3-5,7H2,1-2H3. The lowest BCUT2D eigenvalue weighted by Gasteiger charge is -2.15. The second-order valence-electron chi connectivity index (χ2n) is 1.78. The van der Waals surface area contributed by atoms with Gasteiger partial charge in [-0.2, -0.15) is 0 Å². The highest BCUT2D eigenvalue weighted by atomic mass is 16.7. The van der Waals surface area contributed by atoms with Crippen molar-refractivity contribution in [2.45, 2.75) is 13.8 Å². The van der Waals surface area contributed by atoms with E-state index >= 15 is 0 Å². The first-order valence-corrected chi connectivity index (χ1v) is 3.40. The molecule has 0 atom stereocenters. The van der Waals surface area contributed by atoms with Crippen LogP contribution in [0.25, 0.3) is 0 Å². The molecule has 0 fully saturated rings. The zero-order valence-electron chi connectivity index (χ0n) is 6.46. The summed E-state index contributed by atoms with van der Waals surface area (Å²) in [5.41, 5.74) is 5.03. The lowest BCUT2D eigenvalue weighted by Crippen LogP contribution is -2.30. The van der Waals surface area contributed by atoms with Crippen LogP contribution in [0.1, 0.15) is 13.8 Å². The Morgan fingerprint density at radius 2 is 2.00 bits per heavy atom. The van der Waals surface area contributed by atoms with Crippen LogP contribution < -0.4 is 5.73 Å². The van der Waals surface area contributed by atoms with Gasteiger partial charge in [0.05, 0.1) is 6.54 Å². The van der Waals surface area contributed by atoms with Crippen molar-refractivity contribution in [3.05, 3.63) is 0 Å². The van der Waals surface area contributed by atoms with Crippen LogP contribution in [0, 0.1) is 0 Å². The van der Waals surface area contributed by atoms with Gasteiger partial charge in [-0.3, -0.25) is 0 Å². The predicted octanol–water partition coefficient (Wildman–Crippen LogP) is -0.255. The van der Waals surface area contributed by atoms with Crippen LogP contribution in [0.2, 0.25) is 0 Å². The van der Waals surface area contributed by atoms with Crippen molar-refractivity contribution in [1.82, 2.24) is 5.06 Å². The maximum atomic E-state index is 10.6. The molecule has 0 aromatic rings. The van der Waals surface area contributed by atoms with Crippen LogP contribution in [0.15, 0.2) is 0 Å². The fourth-order valence-corrected chi connectivity index (χ4v) is 0.534. The number of carbonyl (C=O) groups is 1. The first-order valence-electron chi connectivity index (χ1n) is 3.40. The van der Waals surface area contributed by atoms with E-state index in [0.717, 1.165) is 0 Å². The fraction of sp³-hybridized carbons (Fsp3) is 0.833. The Labute approximate surface area is 60.9 Å². The average Bonchev–Trinajstić information content (AvgIpc) is 1.99. The number of carbonyl (C=O) groups excluding carboxylic acids is 1. The molecule has 0 unspecified atom stereocenters. The predicted molar refractivity (Wildman–Crippen MR) is 38.1 cm³/mol. The molecule has 0 bridgehead atoms. The Kier molecular flexibility index (Phi) is 4.88. The molecule has 0 rings (SSSR count). The molecule has 4 heteroatoms. The van der Waals surface area contributed by atoms with E-state index < -0.39 is 0 Å². The van der Waals surface area contributed by atoms with Crippen molar-refractivity contribution in [3.63, 3.8) is 0 Å². The molecule has 4 nitrogen and oxygen atoms in total. The van der Waals surface area contributed by atoms with Crippen LogP contribution in [0.3, 0.4) is 0 Å². The van der Waals surface area contributed by atoms with Crippen LogP contribution in [0.4, 0.5) is 0 Å². The minimum atomic E-state index is -0.385. The molecular formula is C6H14N2O2. The van der Waals surface area contributed by atoms with Gasteiger partial charge in [0.25, 0.3) is 0 Å². The second kappa shape index (κ2) is 5.20. The molecule has 60 valence electrons. The number of hydrogen-bond acceptors (Lipinski definition) is 4. The lowest BCUT2D eigenvalue weighted by molar-refractivity contribution is -0.186. The quantitative estimate of drug-likeness (QED) is 0.555. The van der Waals surface area contributed by atoms with Crippen molar-refractivity contribution in [2.24, 2.45) is 5.73 Å². The van der Waals surface area contributed by atoms with Crippen LogP contribution >= 0.6 is 0 Å². The fourth-order valence-electron chi connectivity index (χ4n) is 0.534. The highest BCUT2D eigenvalue weighted by Gasteiger charge is 2.04. The first kappa shape index (κ1) is 9.39. The Bertz CT molecular complexity index is 102. The second-order valence-corrected chi connectivity index (χ2v) is 1.78. The first-order chi connectivity index (χ1) is 4.74. The van der Waals surface area contributed by atoms with Crippen molar-refractivity contribution in [1.29, 1.82) is 0 Å². The van der Waals surface area contributed by atoms with E-state index in [1.54, 1.807) is 5.06 Å². The molecule has 10 heavy (non-hydrogen) atoms. The van der Waals surface area contributed by atoms with Crippen LogP contribution in [-0.2, 0) is 9.63 Å². The average molecular weight is 146 g/mol. The van der Waals surface area contributed by atoms with Gasteiger partial charge in [-0.05, 0) is 13.8 Å². The van der Waals surface area contributed by atoms with Crippen LogP contribution in [-0.4, -0.2) is 30.7 Å². The van der Waals surface area contributed by atoms with Crippen molar-refractivity contribution in [2.75, 3.05) is 19.6 Å². The van der Waals surface area contributed by atoms with Gasteiger partial charge in [-0.25, -0.2) is 4.79 Å². The minimum absolute atomic E-state index is 0.0590. The number of hydroxylamine groups is 2. The number of nitrogens with two attached hydrogens (primary N) is 1. The summed E-state index contributed by atoms with van der Waals surface area (Å²) in [6.07, 6.45) is 0. The molecule has 0 saturated carbocycles. The van der Waals surface area contributed by atoms with Gasteiger partial charge in [-0.1, -0.05) is 0 Å². The Hall–Kier alpha value is -0.610. The van der Waals surface area contributed by atoms with Crippen molar-refractivity contribution < 1.29 is 9.63 Å². The molecule has 0 spiro atoms. The zero-order valence-corrected chi connectivity index (χ0v) is 6.46. The Balaban J connectivity index is 3.52. The van der Waals surface area contributed by atoms with Crippen LogP contribution in [0.5, 0.6) is 0 Å². The van der Waals surface area contributed by atoms with Gasteiger partial charge >= 0.3 is 5.97 Å². The Morgan fingerprint density at radius 3 is 2.30 bits per heavy atom. The maximum absolute atomic E-state index is 10.6. The third-order valence-corrected chi connectivity index (χ3v) is 1.10. The van der Waals surface area contributed by atoms with E-state index in [1.165, 1.54) is 0 Å². The molecule has 0 radical (unpaired) electrons. The SMILES string of the molecule is CCN(CC)OC(=O)CN. The van der Waals surface area contributed by atoms with Gasteiger partial charge in [-0.15, -0.1) is 5.06 Å². The highest BCUT2D eigenvalue weighted by molar-refractivity contribution is 5.70. The Morgan fingerprint density at radius 1 is 1.50 bits per heavy atom. The molecule has 0 amide bonds. The van der Waals surface area contributed by atoms with E-state index in [0.29, 0.717) is 13.1 Å². The molecule has 0 heterocycles. The van der Waals surface area contributed by atoms with E-state index in [4.69, 9.17) is 10.6 Å². The van der Waals surface area contributed by atoms with E-state index in [9.17, 15) is 4.79 Å². The molecule has 0 aromatic heterocycles. The van der Waals surface area contributed by atoms with Gasteiger partial charge < -0.3 is 10.6 Å². The van der Waals surface area contributed by atoms with Gasteiger partial charge in [0.15, 0.2) is 0 Å². The number of rotatable bonds is 4. The van der Waals surface area contributed by atoms with Gasteiger partial charge in [0.2, 0.25) is 0 Å². The molecule has 0 saturated heterocycles. The summed E-state index contributed by atoms with van der Waals surface area (Å²) in [5, 5.41) is 1.55. The summed E-state index contributed by atoms with van der Waals surface area (Å²) in [6.45, 7) is 5.15. The van der Waals surface area contributed by atoms with E-state index in [2.05, 4.69) is 0 Å². The molecule has 2 N–H and O–H groups in total. The molecular weight excluding hydrogens is 132 g/mol. The number of nitrogens with zero attached hydrogens (tertiary/aromatic N) is 1. The van der Waals surface area contributed by atoms with Crippen molar-refractivity contribution >= 4 is 5.97 Å². The zero-order chi connectivity index (χ0) is 7.98. The highest BCUT2D eigenvalue weighted by Crippen LogP contribution is 1.87. The number of hydrogen-bond donors (Lipinski definition) is 1. The topological polar surface area (TPSA) is 55.6 Å². The maximum Gasteiger partial charge on any atom is 0.338 e. The monoisotopic (exact) mass is 146 g/mol. The summed E-state index contributed by atoms with van der Waals surface area (Å²) >= 11 is 0. The third-order valence-electron chi connectivity index (χ3n) is 1.10. The summed E-state index contributed by atoms with van der Waals surface area (Å²) < 4.78 is 0. The molecule has 0 aliphatic heterocycles. The molecule has 0 aliphatic rings. The lowest BCUT2D eigenvalue weighted by atomic mass is 10.6. The van der Waals surface area contributed by atoms with Gasteiger partial charge in [0, 0.05) is 13.1 Å². The van der Waals surface area contributed by atoms with E-state index in [1.807, 2.05) is 13.8 Å². The van der Waals surface area contributed by atoms with Gasteiger partial charge in [0.1, 0.15) is 0 Å². The normalized spacial score (nSPS) is 10.0. The third kappa shape index (κ3) is 3.42. The summed E-state index contributed by atoms with van der Waals surface area (Å²) in [7, 11) is 0. The molecule has 0 aliphatic carbocycles. The summed E-state index contributed by atoms with van der Waals surface area (Å²) in [6, 6.07) is 0. The summed E-state index contributed by atoms with van der Waals surface area (Å²) in [5.74, 6) is -0.385. The van der Waals surface area contributed by atoms with Crippen molar-refractivity contribution in [3.8, 4) is 0 Å². The smallest absolute Gasteiger partial charge is 0.338 e. The van der Waals surface area contributed by atoms with E-state index in [-0.39, 0.29) is 12.5 Å². The summed E-state index contributed by atoms with van der Waals surface area (Å²) in [4.78, 5) is 15.3.